The standard InChI is InChI=1S/C20H26N2O/c1-14-6-5-7-17-18(14)13-22(19(17)12-21)15-8-10-16(11-9-15)23-20(2,3)4/h5-11,19H,12-13,21H2,1-4H3. The van der Waals surface area contributed by atoms with Gasteiger partial charge in [0.25, 0.3) is 0 Å². The SMILES string of the molecule is Cc1cccc2c1CN(c1ccc(OC(C)(C)C)cc1)C2CN. The highest BCUT2D eigenvalue weighted by atomic mass is 16.5. The molecule has 1 aliphatic rings. The van der Waals surface area contributed by atoms with Gasteiger partial charge in [0.1, 0.15) is 11.4 Å². The fourth-order valence-electron chi connectivity index (χ4n) is 3.29. The summed E-state index contributed by atoms with van der Waals surface area (Å²) in [6.45, 7) is 9.90. The molecule has 0 aliphatic carbocycles. The summed E-state index contributed by atoms with van der Waals surface area (Å²) in [6.07, 6.45) is 0. The second kappa shape index (κ2) is 5.89. The molecular formula is C20H26N2O. The van der Waals surface area contributed by atoms with Crippen molar-refractivity contribution < 1.29 is 4.74 Å². The van der Waals surface area contributed by atoms with Gasteiger partial charge in [-0.2, -0.15) is 0 Å². The normalized spacial score (nSPS) is 17.3. The van der Waals surface area contributed by atoms with E-state index in [2.05, 4.69) is 62.9 Å². The third-order valence-electron chi connectivity index (χ3n) is 4.33. The zero-order chi connectivity index (χ0) is 16.6. The van der Waals surface area contributed by atoms with Gasteiger partial charge in [-0.25, -0.2) is 0 Å². The first-order valence-electron chi connectivity index (χ1n) is 8.23. The summed E-state index contributed by atoms with van der Waals surface area (Å²) in [7, 11) is 0. The van der Waals surface area contributed by atoms with Gasteiger partial charge >= 0.3 is 0 Å². The highest BCUT2D eigenvalue weighted by Gasteiger charge is 2.30. The molecule has 3 rings (SSSR count). The smallest absolute Gasteiger partial charge is 0.120 e. The Balaban J connectivity index is 1.86. The van der Waals surface area contributed by atoms with E-state index in [-0.39, 0.29) is 11.6 Å². The summed E-state index contributed by atoms with van der Waals surface area (Å²) >= 11 is 0. The number of hydrogen-bond acceptors (Lipinski definition) is 3. The second-order valence-corrected chi connectivity index (χ2v) is 7.23. The van der Waals surface area contributed by atoms with Crippen LogP contribution in [-0.4, -0.2) is 12.1 Å². The lowest BCUT2D eigenvalue weighted by Crippen LogP contribution is -2.27. The number of ether oxygens (including phenoxy) is 1. The summed E-state index contributed by atoms with van der Waals surface area (Å²) in [5.74, 6) is 0.901. The molecule has 0 radical (unpaired) electrons. The van der Waals surface area contributed by atoms with E-state index in [0.717, 1.165) is 12.3 Å². The number of benzene rings is 2. The van der Waals surface area contributed by atoms with Crippen molar-refractivity contribution in [2.75, 3.05) is 11.4 Å². The number of anilines is 1. The van der Waals surface area contributed by atoms with Crippen LogP contribution in [0.5, 0.6) is 5.75 Å². The van der Waals surface area contributed by atoms with Crippen LogP contribution in [0.25, 0.3) is 0 Å². The van der Waals surface area contributed by atoms with Crippen molar-refractivity contribution in [3.63, 3.8) is 0 Å². The summed E-state index contributed by atoms with van der Waals surface area (Å²) in [5.41, 5.74) is 11.2. The maximum atomic E-state index is 6.07. The minimum absolute atomic E-state index is 0.178. The summed E-state index contributed by atoms with van der Waals surface area (Å²) in [4.78, 5) is 2.39. The highest BCUT2D eigenvalue weighted by Crippen LogP contribution is 2.38. The lowest BCUT2D eigenvalue weighted by atomic mass is 10.0. The Morgan fingerprint density at radius 1 is 1.13 bits per heavy atom. The Morgan fingerprint density at radius 3 is 2.43 bits per heavy atom. The molecule has 1 heterocycles. The van der Waals surface area contributed by atoms with Crippen molar-refractivity contribution in [1.29, 1.82) is 0 Å². The fourth-order valence-corrected chi connectivity index (χ4v) is 3.29. The number of nitrogens with two attached hydrogens (primary N) is 1. The number of hydrogen-bond donors (Lipinski definition) is 1. The van der Waals surface area contributed by atoms with Gasteiger partial charge in [-0.15, -0.1) is 0 Å². The third kappa shape index (κ3) is 3.20. The molecule has 3 heteroatoms. The van der Waals surface area contributed by atoms with E-state index in [9.17, 15) is 0 Å². The van der Waals surface area contributed by atoms with E-state index in [4.69, 9.17) is 10.5 Å². The molecule has 0 amide bonds. The van der Waals surface area contributed by atoms with Gasteiger partial charge in [-0.05, 0) is 68.7 Å². The topological polar surface area (TPSA) is 38.5 Å². The van der Waals surface area contributed by atoms with Crippen LogP contribution in [0.1, 0.15) is 43.5 Å². The fraction of sp³-hybridized carbons (Fsp3) is 0.400. The van der Waals surface area contributed by atoms with Crippen LogP contribution in [0.4, 0.5) is 5.69 Å². The van der Waals surface area contributed by atoms with Crippen LogP contribution < -0.4 is 15.4 Å². The van der Waals surface area contributed by atoms with Gasteiger partial charge in [0.2, 0.25) is 0 Å². The van der Waals surface area contributed by atoms with Crippen LogP contribution in [-0.2, 0) is 6.54 Å². The monoisotopic (exact) mass is 310 g/mol. The van der Waals surface area contributed by atoms with E-state index >= 15 is 0 Å². The van der Waals surface area contributed by atoms with E-state index in [0.29, 0.717) is 6.54 Å². The highest BCUT2D eigenvalue weighted by molar-refractivity contribution is 5.57. The molecule has 0 bridgehead atoms. The van der Waals surface area contributed by atoms with E-state index in [1.165, 1.54) is 22.4 Å². The van der Waals surface area contributed by atoms with Crippen LogP contribution in [0, 0.1) is 6.92 Å². The number of nitrogens with zero attached hydrogens (tertiary/aromatic N) is 1. The predicted molar refractivity (Wildman–Crippen MR) is 96.0 cm³/mol. The van der Waals surface area contributed by atoms with Crippen LogP contribution >= 0.6 is 0 Å². The Labute approximate surface area is 139 Å². The molecule has 0 aromatic heterocycles. The van der Waals surface area contributed by atoms with Gasteiger partial charge in [-0.1, -0.05) is 18.2 Å². The molecule has 122 valence electrons. The lowest BCUT2D eigenvalue weighted by molar-refractivity contribution is 0.131. The molecule has 23 heavy (non-hydrogen) atoms. The molecule has 1 aliphatic heterocycles. The van der Waals surface area contributed by atoms with Crippen molar-refractivity contribution in [2.24, 2.45) is 5.73 Å². The average molecular weight is 310 g/mol. The Morgan fingerprint density at radius 2 is 1.83 bits per heavy atom. The first-order chi connectivity index (χ1) is 10.9. The summed E-state index contributed by atoms with van der Waals surface area (Å²) in [6, 6.07) is 15.1. The lowest BCUT2D eigenvalue weighted by Gasteiger charge is -2.27. The second-order valence-electron chi connectivity index (χ2n) is 7.23. The first kappa shape index (κ1) is 15.9. The molecule has 0 fully saturated rings. The maximum absolute atomic E-state index is 6.07. The minimum Gasteiger partial charge on any atom is -0.488 e. The van der Waals surface area contributed by atoms with Crippen molar-refractivity contribution >= 4 is 5.69 Å². The molecule has 2 aromatic rings. The molecular weight excluding hydrogens is 284 g/mol. The quantitative estimate of drug-likeness (QED) is 0.923. The van der Waals surface area contributed by atoms with Gasteiger partial charge in [0.05, 0.1) is 6.04 Å². The first-order valence-corrected chi connectivity index (χ1v) is 8.23. The molecule has 1 unspecified atom stereocenters. The van der Waals surface area contributed by atoms with E-state index in [1.807, 2.05) is 12.1 Å². The van der Waals surface area contributed by atoms with Crippen molar-refractivity contribution in [1.82, 2.24) is 0 Å². The Hall–Kier alpha value is -2.00. The Bertz CT molecular complexity index is 686. The molecule has 2 aromatic carbocycles. The maximum Gasteiger partial charge on any atom is 0.120 e. The Kier molecular flexibility index (Phi) is 4.07. The zero-order valence-electron chi connectivity index (χ0n) is 14.5. The zero-order valence-corrected chi connectivity index (χ0v) is 14.5. The number of rotatable bonds is 3. The van der Waals surface area contributed by atoms with Crippen molar-refractivity contribution in [3.8, 4) is 5.75 Å². The van der Waals surface area contributed by atoms with Crippen molar-refractivity contribution in [2.45, 2.75) is 45.9 Å². The predicted octanol–water partition coefficient (Wildman–Crippen LogP) is 4.19. The van der Waals surface area contributed by atoms with Crippen LogP contribution in [0.2, 0.25) is 0 Å². The van der Waals surface area contributed by atoms with Crippen molar-refractivity contribution in [3.05, 3.63) is 59.2 Å². The molecule has 0 spiro atoms. The van der Waals surface area contributed by atoms with Gasteiger partial charge in [0.15, 0.2) is 0 Å². The third-order valence-corrected chi connectivity index (χ3v) is 4.33. The molecule has 3 nitrogen and oxygen atoms in total. The largest absolute Gasteiger partial charge is 0.488 e. The molecule has 0 saturated heterocycles. The number of fused-ring (bicyclic) bond motifs is 1. The average Bonchev–Trinajstić information content (AvgIpc) is 2.86. The van der Waals surface area contributed by atoms with Gasteiger partial charge in [0, 0.05) is 18.8 Å². The molecule has 2 N–H and O–H groups in total. The molecule has 0 saturated carbocycles. The summed E-state index contributed by atoms with van der Waals surface area (Å²) < 4.78 is 5.91. The molecule has 1 atom stereocenters. The van der Waals surface area contributed by atoms with Crippen LogP contribution in [0.15, 0.2) is 42.5 Å². The van der Waals surface area contributed by atoms with Crippen LogP contribution in [0.3, 0.4) is 0 Å². The van der Waals surface area contributed by atoms with Gasteiger partial charge < -0.3 is 15.4 Å². The summed E-state index contributed by atoms with van der Waals surface area (Å²) in [5, 5.41) is 0. The van der Waals surface area contributed by atoms with E-state index in [1.54, 1.807) is 0 Å². The van der Waals surface area contributed by atoms with Gasteiger partial charge in [-0.3, -0.25) is 0 Å². The minimum atomic E-state index is -0.178. The van der Waals surface area contributed by atoms with E-state index < -0.39 is 0 Å². The number of aryl methyl sites for hydroxylation is 1.